The molecule has 1 aliphatic heterocycles. The van der Waals surface area contributed by atoms with Gasteiger partial charge >= 0.3 is 0 Å². The van der Waals surface area contributed by atoms with E-state index in [1.807, 2.05) is 11.8 Å². The maximum atomic E-state index is 15.0. The Morgan fingerprint density at radius 3 is 2.48 bits per heavy atom. The van der Waals surface area contributed by atoms with Gasteiger partial charge in [0.25, 0.3) is 0 Å². The van der Waals surface area contributed by atoms with Gasteiger partial charge in [0.1, 0.15) is 10.7 Å². The summed E-state index contributed by atoms with van der Waals surface area (Å²) in [6.07, 6.45) is 3.10. The van der Waals surface area contributed by atoms with E-state index in [-0.39, 0.29) is 15.2 Å². The summed E-state index contributed by atoms with van der Waals surface area (Å²) in [7, 11) is -4.03. The van der Waals surface area contributed by atoms with E-state index in [0.717, 1.165) is 12.8 Å². The highest BCUT2D eigenvalue weighted by molar-refractivity contribution is 7.91. The van der Waals surface area contributed by atoms with Crippen LogP contribution >= 0.6 is 0 Å². The topological polar surface area (TPSA) is 68.6 Å². The van der Waals surface area contributed by atoms with Crippen LogP contribution < -0.4 is 10.3 Å². The summed E-state index contributed by atoms with van der Waals surface area (Å²) in [5, 5.41) is 0.0719. The molecule has 164 valence electrons. The molecule has 0 radical (unpaired) electrons. The van der Waals surface area contributed by atoms with Crippen LogP contribution in [0.2, 0.25) is 0 Å². The van der Waals surface area contributed by atoms with Gasteiger partial charge in [-0.25, -0.2) is 12.8 Å². The molecular formula is C23H25FN2O4S. The van der Waals surface area contributed by atoms with Crippen LogP contribution in [-0.2, 0) is 21.1 Å². The number of hydrogen-bond acceptors (Lipinski definition) is 5. The molecule has 1 aliphatic rings. The highest BCUT2D eigenvalue weighted by Gasteiger charge is 2.25. The first-order chi connectivity index (χ1) is 14.9. The number of unbranched alkanes of at least 4 members (excludes halogenated alkanes) is 1. The zero-order valence-electron chi connectivity index (χ0n) is 17.4. The van der Waals surface area contributed by atoms with E-state index in [9.17, 15) is 13.2 Å². The molecule has 0 saturated carbocycles. The number of hydrogen-bond donors (Lipinski definition) is 0. The van der Waals surface area contributed by atoms with Crippen molar-refractivity contribution in [2.24, 2.45) is 0 Å². The fourth-order valence-corrected chi connectivity index (χ4v) is 5.24. The first-order valence-corrected chi connectivity index (χ1v) is 11.9. The van der Waals surface area contributed by atoms with Gasteiger partial charge < -0.3 is 14.2 Å². The van der Waals surface area contributed by atoms with Crippen molar-refractivity contribution in [3.05, 3.63) is 64.7 Å². The molecule has 0 amide bonds. The van der Waals surface area contributed by atoms with Crippen molar-refractivity contribution in [2.75, 3.05) is 31.2 Å². The Balaban J connectivity index is 1.94. The largest absolute Gasteiger partial charge is 0.378 e. The smallest absolute Gasteiger partial charge is 0.211 e. The lowest BCUT2D eigenvalue weighted by Crippen LogP contribution is -2.36. The molecule has 2 aromatic carbocycles. The maximum Gasteiger partial charge on any atom is 0.211 e. The van der Waals surface area contributed by atoms with E-state index in [1.54, 1.807) is 28.8 Å². The highest BCUT2D eigenvalue weighted by Crippen LogP contribution is 2.28. The van der Waals surface area contributed by atoms with Gasteiger partial charge in [-0.15, -0.1) is 0 Å². The van der Waals surface area contributed by atoms with Crippen LogP contribution in [0.4, 0.5) is 10.1 Å². The predicted molar refractivity (Wildman–Crippen MR) is 118 cm³/mol. The SMILES string of the molecule is CCCCn1cc(S(=O)(=O)c2ccccc2)c(=O)c2cc(F)c(N3CCOCC3)cc21. The summed E-state index contributed by atoms with van der Waals surface area (Å²) in [5.74, 6) is -0.539. The van der Waals surface area contributed by atoms with Gasteiger partial charge in [-0.05, 0) is 30.7 Å². The lowest BCUT2D eigenvalue weighted by atomic mass is 10.1. The van der Waals surface area contributed by atoms with Crippen LogP contribution in [0.25, 0.3) is 10.9 Å². The van der Waals surface area contributed by atoms with E-state index >= 15 is 4.39 Å². The minimum atomic E-state index is -4.03. The number of pyridine rings is 1. The standard InChI is InChI=1S/C23H25FN2O4S/c1-2-3-9-26-16-22(31(28,29)17-7-5-4-6-8-17)23(27)18-14-19(24)21(15-20(18)26)25-10-12-30-13-11-25/h4-8,14-16H,2-3,9-13H2,1H3. The first kappa shape index (κ1) is 21.5. The van der Waals surface area contributed by atoms with Crippen molar-refractivity contribution in [1.29, 1.82) is 0 Å². The van der Waals surface area contributed by atoms with Crippen LogP contribution in [0.1, 0.15) is 19.8 Å². The van der Waals surface area contributed by atoms with Gasteiger partial charge in [0.15, 0.2) is 0 Å². The number of benzene rings is 2. The molecule has 3 aromatic rings. The molecule has 2 heterocycles. The summed E-state index contributed by atoms with van der Waals surface area (Å²) in [4.78, 5) is 14.8. The third-order valence-corrected chi connectivity index (χ3v) is 7.33. The van der Waals surface area contributed by atoms with Crippen molar-refractivity contribution in [3.8, 4) is 0 Å². The van der Waals surface area contributed by atoms with Gasteiger partial charge in [0.05, 0.1) is 34.7 Å². The molecule has 0 atom stereocenters. The third kappa shape index (κ3) is 4.09. The van der Waals surface area contributed by atoms with Gasteiger partial charge in [-0.1, -0.05) is 31.5 Å². The van der Waals surface area contributed by atoms with Crippen molar-refractivity contribution >= 4 is 26.4 Å². The minimum Gasteiger partial charge on any atom is -0.378 e. The van der Waals surface area contributed by atoms with E-state index in [0.29, 0.717) is 44.1 Å². The average Bonchev–Trinajstić information content (AvgIpc) is 2.79. The second kappa shape index (κ2) is 8.80. The molecule has 1 aromatic heterocycles. The molecule has 0 unspecified atom stereocenters. The second-order valence-electron chi connectivity index (χ2n) is 7.61. The van der Waals surface area contributed by atoms with Gasteiger partial charge in [0, 0.05) is 25.8 Å². The molecule has 4 rings (SSSR count). The number of ether oxygens (including phenoxy) is 1. The normalized spacial score (nSPS) is 14.8. The highest BCUT2D eigenvalue weighted by atomic mass is 32.2. The number of halogens is 1. The lowest BCUT2D eigenvalue weighted by Gasteiger charge is -2.29. The molecule has 0 bridgehead atoms. The van der Waals surface area contributed by atoms with E-state index in [4.69, 9.17) is 4.74 Å². The number of aryl methyl sites for hydroxylation is 1. The summed E-state index contributed by atoms with van der Waals surface area (Å²) >= 11 is 0. The number of morpholine rings is 1. The van der Waals surface area contributed by atoms with E-state index < -0.39 is 21.1 Å². The summed E-state index contributed by atoms with van der Waals surface area (Å²) in [6.45, 7) is 4.69. The van der Waals surface area contributed by atoms with Crippen LogP contribution in [0.3, 0.4) is 0 Å². The maximum absolute atomic E-state index is 15.0. The molecule has 0 spiro atoms. The zero-order chi connectivity index (χ0) is 22.0. The third-order valence-electron chi connectivity index (χ3n) is 5.56. The van der Waals surface area contributed by atoms with Crippen molar-refractivity contribution in [3.63, 3.8) is 0 Å². The Kier molecular flexibility index (Phi) is 6.11. The molecule has 31 heavy (non-hydrogen) atoms. The number of aromatic nitrogens is 1. The minimum absolute atomic E-state index is 0.0406. The predicted octanol–water partition coefficient (Wildman–Crippen LogP) is 3.61. The molecule has 6 nitrogen and oxygen atoms in total. The van der Waals surface area contributed by atoms with E-state index in [2.05, 4.69) is 0 Å². The molecular weight excluding hydrogens is 419 g/mol. The molecule has 1 fully saturated rings. The lowest BCUT2D eigenvalue weighted by molar-refractivity contribution is 0.122. The Morgan fingerprint density at radius 1 is 1.10 bits per heavy atom. The van der Waals surface area contributed by atoms with Gasteiger partial charge in [-0.3, -0.25) is 4.79 Å². The van der Waals surface area contributed by atoms with Crippen LogP contribution in [0.15, 0.2) is 63.2 Å². The molecule has 8 heteroatoms. The van der Waals surface area contributed by atoms with Gasteiger partial charge in [0.2, 0.25) is 15.3 Å². The fourth-order valence-electron chi connectivity index (χ4n) is 3.85. The number of fused-ring (bicyclic) bond motifs is 1. The Hall–Kier alpha value is -2.71. The number of sulfone groups is 1. The van der Waals surface area contributed by atoms with E-state index in [1.165, 1.54) is 24.4 Å². The van der Waals surface area contributed by atoms with Gasteiger partial charge in [-0.2, -0.15) is 0 Å². The average molecular weight is 445 g/mol. The monoisotopic (exact) mass is 444 g/mol. The first-order valence-electron chi connectivity index (χ1n) is 10.4. The molecule has 0 aliphatic carbocycles. The van der Waals surface area contributed by atoms with Crippen molar-refractivity contribution in [2.45, 2.75) is 36.1 Å². The fraction of sp³-hybridized carbons (Fsp3) is 0.348. The Labute approximate surface area is 180 Å². The van der Waals surface area contributed by atoms with Crippen LogP contribution in [0, 0.1) is 5.82 Å². The van der Waals surface area contributed by atoms with Crippen molar-refractivity contribution < 1.29 is 17.5 Å². The summed E-state index contributed by atoms with van der Waals surface area (Å²) < 4.78 is 48.5. The Morgan fingerprint density at radius 2 is 1.81 bits per heavy atom. The number of nitrogens with zero attached hydrogens (tertiary/aromatic N) is 2. The Bertz CT molecular complexity index is 1250. The van der Waals surface area contributed by atoms with Crippen LogP contribution in [-0.4, -0.2) is 39.3 Å². The van der Waals surface area contributed by atoms with Crippen molar-refractivity contribution in [1.82, 2.24) is 4.57 Å². The quantitative estimate of drug-likeness (QED) is 0.581. The zero-order valence-corrected chi connectivity index (χ0v) is 18.2. The van der Waals surface area contributed by atoms with Crippen LogP contribution in [0.5, 0.6) is 0 Å². The molecule has 1 saturated heterocycles. The number of anilines is 1. The summed E-state index contributed by atoms with van der Waals surface area (Å²) in [5.41, 5.74) is 0.256. The number of rotatable bonds is 6. The summed E-state index contributed by atoms with van der Waals surface area (Å²) in [6, 6.07) is 10.7. The molecule has 0 N–H and O–H groups in total. The second-order valence-corrected chi connectivity index (χ2v) is 9.52.